The zero-order valence-electron chi connectivity index (χ0n) is 11.7. The predicted octanol–water partition coefficient (Wildman–Crippen LogP) is 2.97. The Bertz CT molecular complexity index is 636. The lowest BCUT2D eigenvalue weighted by Gasteiger charge is -2.21. The number of nitrogens with zero attached hydrogens (tertiary/aromatic N) is 4. The van der Waals surface area contributed by atoms with Crippen molar-refractivity contribution in [3.8, 4) is 6.07 Å². The quantitative estimate of drug-likeness (QED) is 0.858. The fourth-order valence-electron chi connectivity index (χ4n) is 3.20. The molecule has 0 bridgehead atoms. The SMILES string of the molecule is Cc1nn(Cc2ccncc2)c2c1C(CC#N)CCC2. The highest BCUT2D eigenvalue weighted by Crippen LogP contribution is 2.36. The largest absolute Gasteiger partial charge is 0.265 e. The molecule has 0 amide bonds. The van der Waals surface area contributed by atoms with E-state index in [1.165, 1.54) is 16.8 Å². The van der Waals surface area contributed by atoms with E-state index in [1.807, 2.05) is 24.5 Å². The second kappa shape index (κ2) is 5.46. The molecule has 4 nitrogen and oxygen atoms in total. The van der Waals surface area contributed by atoms with Gasteiger partial charge in [-0.25, -0.2) is 0 Å². The molecule has 2 heterocycles. The molecular formula is C16H18N4. The molecule has 0 saturated heterocycles. The average molecular weight is 266 g/mol. The van der Waals surface area contributed by atoms with Crippen LogP contribution in [-0.4, -0.2) is 14.8 Å². The van der Waals surface area contributed by atoms with Gasteiger partial charge in [0.1, 0.15) is 0 Å². The molecule has 20 heavy (non-hydrogen) atoms. The molecule has 0 fully saturated rings. The second-order valence-electron chi connectivity index (χ2n) is 5.41. The van der Waals surface area contributed by atoms with Crippen molar-refractivity contribution in [2.75, 3.05) is 0 Å². The number of aromatic nitrogens is 3. The molecule has 4 heteroatoms. The van der Waals surface area contributed by atoms with E-state index in [0.29, 0.717) is 12.3 Å². The Labute approximate surface area is 119 Å². The minimum atomic E-state index is 0.370. The van der Waals surface area contributed by atoms with Crippen molar-refractivity contribution in [3.05, 3.63) is 47.0 Å². The van der Waals surface area contributed by atoms with Crippen LogP contribution in [0.25, 0.3) is 0 Å². The van der Waals surface area contributed by atoms with Crippen LogP contribution >= 0.6 is 0 Å². The number of pyridine rings is 1. The van der Waals surface area contributed by atoms with E-state index in [4.69, 9.17) is 10.4 Å². The normalized spacial score (nSPS) is 17.5. The van der Waals surface area contributed by atoms with Gasteiger partial charge in [-0.15, -0.1) is 0 Å². The topological polar surface area (TPSA) is 54.5 Å². The van der Waals surface area contributed by atoms with Gasteiger partial charge >= 0.3 is 0 Å². The Morgan fingerprint density at radius 2 is 2.20 bits per heavy atom. The van der Waals surface area contributed by atoms with Crippen LogP contribution in [0, 0.1) is 18.3 Å². The smallest absolute Gasteiger partial charge is 0.0663 e. The Balaban J connectivity index is 1.94. The first-order valence-electron chi connectivity index (χ1n) is 7.11. The number of nitriles is 1. The van der Waals surface area contributed by atoms with Crippen molar-refractivity contribution in [1.82, 2.24) is 14.8 Å². The van der Waals surface area contributed by atoms with Gasteiger partial charge in [0.25, 0.3) is 0 Å². The van der Waals surface area contributed by atoms with Gasteiger partial charge in [-0.2, -0.15) is 10.4 Å². The second-order valence-corrected chi connectivity index (χ2v) is 5.41. The maximum atomic E-state index is 8.99. The van der Waals surface area contributed by atoms with Crippen molar-refractivity contribution in [2.45, 2.75) is 45.1 Å². The monoisotopic (exact) mass is 266 g/mol. The molecule has 2 aromatic heterocycles. The van der Waals surface area contributed by atoms with Gasteiger partial charge in [-0.05, 0) is 43.9 Å². The third kappa shape index (κ3) is 2.32. The molecule has 1 atom stereocenters. The summed E-state index contributed by atoms with van der Waals surface area (Å²) in [6, 6.07) is 6.37. The van der Waals surface area contributed by atoms with Crippen LogP contribution in [0.1, 0.15) is 47.7 Å². The third-order valence-electron chi connectivity index (χ3n) is 4.08. The molecule has 0 N–H and O–H groups in total. The van der Waals surface area contributed by atoms with E-state index >= 15 is 0 Å². The standard InChI is InChI=1S/C16H18N4/c1-12-16-14(5-8-17)3-2-4-15(16)20(19-12)11-13-6-9-18-10-7-13/h6-7,9-10,14H,2-5,11H2,1H3. The number of aryl methyl sites for hydroxylation is 1. The van der Waals surface area contributed by atoms with E-state index in [2.05, 4.69) is 22.7 Å². The lowest BCUT2D eigenvalue weighted by molar-refractivity contribution is 0.531. The van der Waals surface area contributed by atoms with Crippen molar-refractivity contribution in [1.29, 1.82) is 5.26 Å². The van der Waals surface area contributed by atoms with Gasteiger partial charge in [0.2, 0.25) is 0 Å². The minimum Gasteiger partial charge on any atom is -0.265 e. The minimum absolute atomic E-state index is 0.370. The lowest BCUT2D eigenvalue weighted by atomic mass is 9.83. The van der Waals surface area contributed by atoms with E-state index in [9.17, 15) is 0 Å². The van der Waals surface area contributed by atoms with Gasteiger partial charge in [-0.3, -0.25) is 9.67 Å². The van der Waals surface area contributed by atoms with E-state index in [0.717, 1.165) is 31.5 Å². The van der Waals surface area contributed by atoms with Crippen LogP contribution in [0.15, 0.2) is 24.5 Å². The zero-order chi connectivity index (χ0) is 13.9. The summed E-state index contributed by atoms with van der Waals surface area (Å²) in [7, 11) is 0. The molecule has 1 aliphatic rings. The summed E-state index contributed by atoms with van der Waals surface area (Å²) in [5.74, 6) is 0.370. The Morgan fingerprint density at radius 1 is 1.40 bits per heavy atom. The molecule has 102 valence electrons. The lowest BCUT2D eigenvalue weighted by Crippen LogP contribution is -2.13. The van der Waals surface area contributed by atoms with E-state index in [-0.39, 0.29) is 0 Å². The summed E-state index contributed by atoms with van der Waals surface area (Å²) in [4.78, 5) is 4.05. The molecule has 0 aromatic carbocycles. The summed E-state index contributed by atoms with van der Waals surface area (Å²) in [5, 5.41) is 13.7. The Hall–Kier alpha value is -2.15. The average Bonchev–Trinajstić information content (AvgIpc) is 2.78. The highest BCUT2D eigenvalue weighted by molar-refractivity contribution is 5.33. The van der Waals surface area contributed by atoms with Crippen molar-refractivity contribution in [2.24, 2.45) is 0 Å². The van der Waals surface area contributed by atoms with Crippen LogP contribution in [0.2, 0.25) is 0 Å². The van der Waals surface area contributed by atoms with Crippen LogP contribution in [0.4, 0.5) is 0 Å². The van der Waals surface area contributed by atoms with Crippen molar-refractivity contribution < 1.29 is 0 Å². The first-order chi connectivity index (χ1) is 9.79. The highest BCUT2D eigenvalue weighted by Gasteiger charge is 2.26. The molecule has 0 aliphatic heterocycles. The van der Waals surface area contributed by atoms with Gasteiger partial charge in [0, 0.05) is 36.0 Å². The van der Waals surface area contributed by atoms with Crippen molar-refractivity contribution >= 4 is 0 Å². The molecule has 2 aromatic rings. The maximum Gasteiger partial charge on any atom is 0.0663 e. The van der Waals surface area contributed by atoms with Crippen LogP contribution < -0.4 is 0 Å². The number of fused-ring (bicyclic) bond motifs is 1. The maximum absolute atomic E-state index is 8.99. The zero-order valence-corrected chi connectivity index (χ0v) is 11.7. The van der Waals surface area contributed by atoms with Gasteiger partial charge in [0.05, 0.1) is 18.3 Å². The molecule has 0 spiro atoms. The van der Waals surface area contributed by atoms with E-state index < -0.39 is 0 Å². The number of hydrogen-bond donors (Lipinski definition) is 0. The summed E-state index contributed by atoms with van der Waals surface area (Å²) >= 11 is 0. The van der Waals surface area contributed by atoms with Crippen LogP contribution in [0.3, 0.4) is 0 Å². The molecule has 1 unspecified atom stereocenters. The molecular weight excluding hydrogens is 248 g/mol. The van der Waals surface area contributed by atoms with Crippen LogP contribution in [-0.2, 0) is 13.0 Å². The fourth-order valence-corrected chi connectivity index (χ4v) is 3.20. The molecule has 3 rings (SSSR count). The van der Waals surface area contributed by atoms with Gasteiger partial charge in [-0.1, -0.05) is 0 Å². The summed E-state index contributed by atoms with van der Waals surface area (Å²) in [6.45, 7) is 2.86. The number of rotatable bonds is 3. The first kappa shape index (κ1) is 12.9. The highest BCUT2D eigenvalue weighted by atomic mass is 15.3. The number of hydrogen-bond acceptors (Lipinski definition) is 3. The van der Waals surface area contributed by atoms with Crippen LogP contribution in [0.5, 0.6) is 0 Å². The van der Waals surface area contributed by atoms with Gasteiger partial charge in [0.15, 0.2) is 0 Å². The summed E-state index contributed by atoms with van der Waals surface area (Å²) in [5.41, 5.74) is 4.96. The van der Waals surface area contributed by atoms with Gasteiger partial charge < -0.3 is 0 Å². The first-order valence-corrected chi connectivity index (χ1v) is 7.11. The Morgan fingerprint density at radius 3 is 2.95 bits per heavy atom. The molecule has 0 saturated carbocycles. The van der Waals surface area contributed by atoms with E-state index in [1.54, 1.807) is 0 Å². The summed E-state index contributed by atoms with van der Waals surface area (Å²) in [6.07, 6.45) is 7.58. The predicted molar refractivity (Wildman–Crippen MR) is 76.2 cm³/mol. The van der Waals surface area contributed by atoms with Crippen molar-refractivity contribution in [3.63, 3.8) is 0 Å². The molecule has 1 aliphatic carbocycles. The fraction of sp³-hybridized carbons (Fsp3) is 0.438. The molecule has 0 radical (unpaired) electrons. The summed E-state index contributed by atoms with van der Waals surface area (Å²) < 4.78 is 2.11. The third-order valence-corrected chi connectivity index (χ3v) is 4.08. The Kier molecular flexibility index (Phi) is 3.51.